The highest BCUT2D eigenvalue weighted by atomic mass is 16.2. The maximum Gasteiger partial charge on any atom is 0.239 e. The molecule has 0 aliphatic carbocycles. The molecule has 124 valence electrons. The number of nitrogens with one attached hydrogen (secondary N) is 3. The summed E-state index contributed by atoms with van der Waals surface area (Å²) in [5.41, 5.74) is 1.95. The average Bonchev–Trinajstić information content (AvgIpc) is 2.56. The van der Waals surface area contributed by atoms with Crippen molar-refractivity contribution >= 4 is 23.4 Å². The van der Waals surface area contributed by atoms with Gasteiger partial charge in [0.15, 0.2) is 0 Å². The van der Waals surface area contributed by atoms with Crippen LogP contribution in [0.1, 0.15) is 31.7 Å². The number of benzene rings is 1. The lowest BCUT2D eigenvalue weighted by Crippen LogP contribution is -2.37. The van der Waals surface area contributed by atoms with Crippen molar-refractivity contribution in [3.8, 4) is 0 Å². The van der Waals surface area contributed by atoms with E-state index in [1.54, 1.807) is 0 Å². The summed E-state index contributed by atoms with van der Waals surface area (Å²) in [6.07, 6.45) is 2.22. The fraction of sp³-hybridized carbons (Fsp3) is 0.471. The van der Waals surface area contributed by atoms with Gasteiger partial charge in [-0.2, -0.15) is 0 Å². The Hall–Kier alpha value is -2.37. The summed E-state index contributed by atoms with van der Waals surface area (Å²) < 4.78 is 0. The minimum Gasteiger partial charge on any atom is -0.355 e. The molecule has 0 saturated carbocycles. The zero-order chi connectivity index (χ0) is 16.7. The van der Waals surface area contributed by atoms with Crippen LogP contribution < -0.4 is 16.0 Å². The molecule has 0 aromatic heterocycles. The normalized spacial score (nSPS) is 16.2. The van der Waals surface area contributed by atoms with Crippen LogP contribution in [-0.4, -0.2) is 30.8 Å². The second-order valence-corrected chi connectivity index (χ2v) is 5.71. The summed E-state index contributed by atoms with van der Waals surface area (Å²) in [7, 11) is 0. The number of rotatable bonds is 7. The van der Waals surface area contributed by atoms with Crippen LogP contribution in [0.15, 0.2) is 24.3 Å². The van der Waals surface area contributed by atoms with Crippen LogP contribution in [0.4, 0.5) is 5.69 Å². The van der Waals surface area contributed by atoms with Gasteiger partial charge in [-0.25, -0.2) is 0 Å². The molecular weight excluding hydrogens is 294 g/mol. The van der Waals surface area contributed by atoms with Crippen molar-refractivity contribution in [2.75, 3.05) is 18.4 Å². The molecule has 1 atom stereocenters. The minimum atomic E-state index is -0.205. The molecule has 0 spiro atoms. The van der Waals surface area contributed by atoms with Crippen molar-refractivity contribution in [1.82, 2.24) is 10.6 Å². The molecular formula is C17H23N3O3. The maximum absolute atomic E-state index is 12.0. The summed E-state index contributed by atoms with van der Waals surface area (Å²) in [6, 6.07) is 7.69. The van der Waals surface area contributed by atoms with Gasteiger partial charge in [-0.1, -0.05) is 25.1 Å². The molecule has 1 heterocycles. The first-order valence-electron chi connectivity index (χ1n) is 8.02. The minimum absolute atomic E-state index is 0.0153. The lowest BCUT2D eigenvalue weighted by Gasteiger charge is -2.24. The number of hydrogen-bond acceptors (Lipinski definition) is 3. The molecule has 23 heavy (non-hydrogen) atoms. The maximum atomic E-state index is 12.0. The Morgan fingerprint density at radius 3 is 2.78 bits per heavy atom. The largest absolute Gasteiger partial charge is 0.355 e. The first-order chi connectivity index (χ1) is 11.1. The smallest absolute Gasteiger partial charge is 0.239 e. The van der Waals surface area contributed by atoms with E-state index in [1.807, 2.05) is 31.2 Å². The Morgan fingerprint density at radius 2 is 2.00 bits per heavy atom. The van der Waals surface area contributed by atoms with Crippen LogP contribution in [0.5, 0.6) is 0 Å². The van der Waals surface area contributed by atoms with Crippen LogP contribution in [0.2, 0.25) is 0 Å². The highest BCUT2D eigenvalue weighted by molar-refractivity contribution is 5.96. The van der Waals surface area contributed by atoms with Crippen LogP contribution in [0, 0.1) is 5.92 Å². The van der Waals surface area contributed by atoms with Crippen molar-refractivity contribution in [2.45, 2.75) is 32.6 Å². The summed E-state index contributed by atoms with van der Waals surface area (Å²) >= 11 is 0. The summed E-state index contributed by atoms with van der Waals surface area (Å²) in [6.45, 7) is 2.56. The number of anilines is 1. The molecule has 2 rings (SSSR count). The van der Waals surface area contributed by atoms with E-state index < -0.39 is 0 Å². The third-order valence-corrected chi connectivity index (χ3v) is 3.85. The lowest BCUT2D eigenvalue weighted by atomic mass is 9.89. The Balaban J connectivity index is 1.74. The summed E-state index contributed by atoms with van der Waals surface area (Å²) in [5.74, 6) is -0.644. The number of carbonyl (C=O) groups is 3. The van der Waals surface area contributed by atoms with Gasteiger partial charge < -0.3 is 16.0 Å². The predicted octanol–water partition coefficient (Wildman–Crippen LogP) is 1.22. The van der Waals surface area contributed by atoms with E-state index in [2.05, 4.69) is 16.0 Å². The second-order valence-electron chi connectivity index (χ2n) is 5.71. The third kappa shape index (κ3) is 5.09. The van der Waals surface area contributed by atoms with E-state index in [4.69, 9.17) is 0 Å². The van der Waals surface area contributed by atoms with E-state index >= 15 is 0 Å². The van der Waals surface area contributed by atoms with Crippen molar-refractivity contribution in [3.05, 3.63) is 29.8 Å². The molecule has 1 aliphatic rings. The van der Waals surface area contributed by atoms with Crippen molar-refractivity contribution < 1.29 is 14.4 Å². The molecule has 1 aliphatic heterocycles. The summed E-state index contributed by atoms with van der Waals surface area (Å²) in [5, 5.41) is 8.15. The Morgan fingerprint density at radius 1 is 1.22 bits per heavy atom. The standard InChI is InChI=1S/C17H23N3O3/c1-2-9-18-16(22)11-19-15(21)8-7-13-10-12-5-3-4-6-14(12)20-17(13)23/h3-6,13H,2,7-11H2,1H3,(H,18,22)(H,19,21)(H,20,23). The van der Waals surface area contributed by atoms with Crippen molar-refractivity contribution in [1.29, 1.82) is 0 Å². The van der Waals surface area contributed by atoms with Gasteiger partial charge in [0.2, 0.25) is 17.7 Å². The fourth-order valence-electron chi connectivity index (χ4n) is 2.55. The van der Waals surface area contributed by atoms with Gasteiger partial charge in [0, 0.05) is 24.6 Å². The molecule has 6 heteroatoms. The van der Waals surface area contributed by atoms with Gasteiger partial charge in [0.25, 0.3) is 0 Å². The SMILES string of the molecule is CCCNC(=O)CNC(=O)CCC1Cc2ccccc2NC1=O. The number of fused-ring (bicyclic) bond motifs is 1. The van der Waals surface area contributed by atoms with Crippen molar-refractivity contribution in [2.24, 2.45) is 5.92 Å². The highest BCUT2D eigenvalue weighted by Gasteiger charge is 2.26. The van der Waals surface area contributed by atoms with E-state index in [9.17, 15) is 14.4 Å². The summed E-state index contributed by atoms with van der Waals surface area (Å²) in [4.78, 5) is 35.3. The van der Waals surface area contributed by atoms with E-state index in [0.717, 1.165) is 17.7 Å². The fourth-order valence-corrected chi connectivity index (χ4v) is 2.55. The van der Waals surface area contributed by atoms with E-state index in [0.29, 0.717) is 19.4 Å². The topological polar surface area (TPSA) is 87.3 Å². The molecule has 3 amide bonds. The second kappa shape index (κ2) is 8.31. The number of hydrogen-bond donors (Lipinski definition) is 3. The van der Waals surface area contributed by atoms with Crippen LogP contribution in [0.25, 0.3) is 0 Å². The van der Waals surface area contributed by atoms with Crippen LogP contribution in [-0.2, 0) is 20.8 Å². The molecule has 1 aromatic rings. The molecule has 1 aromatic carbocycles. The monoisotopic (exact) mass is 317 g/mol. The van der Waals surface area contributed by atoms with Gasteiger partial charge >= 0.3 is 0 Å². The number of para-hydroxylation sites is 1. The molecule has 0 saturated heterocycles. The van der Waals surface area contributed by atoms with Gasteiger partial charge in [0.05, 0.1) is 6.54 Å². The van der Waals surface area contributed by atoms with E-state index in [1.165, 1.54) is 0 Å². The van der Waals surface area contributed by atoms with Gasteiger partial charge in [-0.15, -0.1) is 0 Å². The number of carbonyl (C=O) groups excluding carboxylic acids is 3. The Kier molecular flexibility index (Phi) is 6.14. The zero-order valence-corrected chi connectivity index (χ0v) is 13.4. The van der Waals surface area contributed by atoms with Gasteiger partial charge in [-0.05, 0) is 30.9 Å². The molecule has 0 radical (unpaired) electrons. The third-order valence-electron chi connectivity index (χ3n) is 3.85. The van der Waals surface area contributed by atoms with Crippen LogP contribution >= 0.6 is 0 Å². The van der Waals surface area contributed by atoms with Crippen LogP contribution in [0.3, 0.4) is 0 Å². The Bertz CT molecular complexity index is 586. The van der Waals surface area contributed by atoms with Gasteiger partial charge in [0.1, 0.15) is 0 Å². The first-order valence-corrected chi connectivity index (χ1v) is 8.02. The predicted molar refractivity (Wildman–Crippen MR) is 87.8 cm³/mol. The molecule has 6 nitrogen and oxygen atoms in total. The van der Waals surface area contributed by atoms with Crippen molar-refractivity contribution in [3.63, 3.8) is 0 Å². The molecule has 0 bridgehead atoms. The lowest BCUT2D eigenvalue weighted by molar-refractivity contribution is -0.126. The number of amides is 3. The zero-order valence-electron chi connectivity index (χ0n) is 13.4. The highest BCUT2D eigenvalue weighted by Crippen LogP contribution is 2.27. The first kappa shape index (κ1) is 17.0. The molecule has 1 unspecified atom stereocenters. The van der Waals surface area contributed by atoms with Gasteiger partial charge in [-0.3, -0.25) is 14.4 Å². The molecule has 0 fully saturated rings. The molecule has 3 N–H and O–H groups in total. The quantitative estimate of drug-likeness (QED) is 0.706. The Labute approximate surface area is 136 Å². The van der Waals surface area contributed by atoms with E-state index in [-0.39, 0.29) is 36.6 Å². The average molecular weight is 317 g/mol.